The van der Waals surface area contributed by atoms with Gasteiger partial charge in [0.1, 0.15) is 10.3 Å². The van der Waals surface area contributed by atoms with Gasteiger partial charge < -0.3 is 6.53 Å². The Morgan fingerprint density at radius 3 is 2.17 bits per heavy atom. The zero-order chi connectivity index (χ0) is 8.43. The first kappa shape index (κ1) is 12.2. The largest absolute Gasteiger partial charge is 1.00 e. The topological polar surface area (TPSA) is 50.2 Å². The van der Waals surface area contributed by atoms with Crippen molar-refractivity contribution in [1.29, 1.82) is 0 Å². The van der Waals surface area contributed by atoms with Crippen LogP contribution in [0.2, 0.25) is 10.3 Å². The van der Waals surface area contributed by atoms with Crippen LogP contribution < -0.4 is 29.6 Å². The van der Waals surface area contributed by atoms with Crippen molar-refractivity contribution in [2.75, 3.05) is 0 Å². The number of carbonyl (C=O) groups is 1. The number of hydrogen-bond donors (Lipinski definition) is 1. The van der Waals surface area contributed by atoms with Crippen LogP contribution in [0, 0.1) is 0 Å². The minimum atomic E-state index is -1.07. The van der Waals surface area contributed by atoms with E-state index in [1.54, 1.807) is 0 Å². The first-order valence-corrected chi connectivity index (χ1v) is 3.41. The Balaban J connectivity index is 0. The molecule has 0 bridgehead atoms. The summed E-state index contributed by atoms with van der Waals surface area (Å²) in [5.41, 5.74) is 0.0370. The number of rotatable bonds is 1. The molecule has 60 valence electrons. The van der Waals surface area contributed by atoms with Crippen LogP contribution in [0.1, 0.15) is 11.8 Å². The van der Waals surface area contributed by atoms with Crippen LogP contribution in [0.25, 0.3) is 0 Å². The zero-order valence-electron chi connectivity index (χ0n) is 7.21. The number of hydrogen-bond acceptors (Lipinski definition) is 2. The molecular formula is C6H4Cl2NNaO2. The molecule has 3 nitrogen and oxygen atoms in total. The Hall–Kier alpha value is 0.200. The van der Waals surface area contributed by atoms with Crippen molar-refractivity contribution >= 4 is 29.2 Å². The van der Waals surface area contributed by atoms with Gasteiger partial charge in [-0.05, 0) is 12.1 Å². The van der Waals surface area contributed by atoms with Gasteiger partial charge in [-0.25, -0.2) is 9.78 Å². The van der Waals surface area contributed by atoms with E-state index in [0.717, 1.165) is 0 Å². The second kappa shape index (κ2) is 5.04. The fourth-order valence-corrected chi connectivity index (χ4v) is 1.05. The maximum absolute atomic E-state index is 10.4. The molecule has 0 aliphatic heterocycles. The Kier molecular flexibility index (Phi) is 5.13. The van der Waals surface area contributed by atoms with Gasteiger partial charge in [0.15, 0.2) is 0 Å². The molecular weight excluding hydrogens is 212 g/mol. The summed E-state index contributed by atoms with van der Waals surface area (Å²) in [6, 6.07) is 2.46. The number of aromatic carboxylic acids is 1. The normalized spacial score (nSPS) is 8.83. The molecule has 0 aliphatic rings. The maximum Gasteiger partial charge on any atom is 1.00 e. The quantitative estimate of drug-likeness (QED) is 0.494. The molecule has 0 saturated carbocycles. The monoisotopic (exact) mass is 215 g/mol. The van der Waals surface area contributed by atoms with Crippen LogP contribution in [0.15, 0.2) is 12.1 Å². The Morgan fingerprint density at radius 1 is 1.42 bits per heavy atom. The third-order valence-corrected chi connectivity index (χ3v) is 1.40. The summed E-state index contributed by atoms with van der Waals surface area (Å²) in [5.74, 6) is -1.07. The summed E-state index contributed by atoms with van der Waals surface area (Å²) >= 11 is 10.9. The van der Waals surface area contributed by atoms with Crippen LogP contribution in [0.4, 0.5) is 0 Å². The predicted molar refractivity (Wildman–Crippen MR) is 42.3 cm³/mol. The van der Waals surface area contributed by atoms with E-state index < -0.39 is 5.97 Å². The van der Waals surface area contributed by atoms with Gasteiger partial charge in [-0.1, -0.05) is 23.2 Å². The summed E-state index contributed by atoms with van der Waals surface area (Å²) in [6.07, 6.45) is 0. The van der Waals surface area contributed by atoms with Crippen LogP contribution in [-0.2, 0) is 0 Å². The fourth-order valence-electron chi connectivity index (χ4n) is 0.588. The van der Waals surface area contributed by atoms with E-state index in [2.05, 4.69) is 4.98 Å². The van der Waals surface area contributed by atoms with Crippen molar-refractivity contribution in [3.05, 3.63) is 28.0 Å². The standard InChI is InChI=1S/C6H3Cl2NO2.Na.H/c7-4-1-3(6(10)11)2-5(8)9-4;;/h1-2H,(H,10,11);;/q;+1;-1. The van der Waals surface area contributed by atoms with Crippen molar-refractivity contribution in [2.45, 2.75) is 0 Å². The number of pyridine rings is 1. The Labute approximate surface area is 102 Å². The first-order valence-electron chi connectivity index (χ1n) is 2.66. The van der Waals surface area contributed by atoms with Gasteiger partial charge in [0.05, 0.1) is 5.56 Å². The maximum atomic E-state index is 10.4. The van der Waals surface area contributed by atoms with Crippen molar-refractivity contribution < 1.29 is 40.9 Å². The fraction of sp³-hybridized carbons (Fsp3) is 0. The molecule has 1 N–H and O–H groups in total. The molecule has 12 heavy (non-hydrogen) atoms. The molecule has 0 amide bonds. The van der Waals surface area contributed by atoms with Crippen LogP contribution in [0.3, 0.4) is 0 Å². The molecule has 0 unspecified atom stereocenters. The van der Waals surface area contributed by atoms with Gasteiger partial charge in [-0.15, -0.1) is 0 Å². The van der Waals surface area contributed by atoms with Crippen molar-refractivity contribution in [1.82, 2.24) is 4.98 Å². The number of aromatic nitrogens is 1. The Bertz CT molecular complexity index is 290. The van der Waals surface area contributed by atoms with E-state index in [4.69, 9.17) is 28.3 Å². The van der Waals surface area contributed by atoms with Gasteiger partial charge >= 0.3 is 35.5 Å². The summed E-state index contributed by atoms with van der Waals surface area (Å²) in [6.45, 7) is 0. The van der Waals surface area contributed by atoms with Gasteiger partial charge in [0.25, 0.3) is 0 Å². The minimum Gasteiger partial charge on any atom is -1.00 e. The molecule has 6 heteroatoms. The molecule has 0 atom stereocenters. The molecule has 1 rings (SSSR count). The summed E-state index contributed by atoms with van der Waals surface area (Å²) in [7, 11) is 0. The van der Waals surface area contributed by atoms with Crippen molar-refractivity contribution in [3.63, 3.8) is 0 Å². The average Bonchev–Trinajstić information content (AvgIpc) is 1.85. The van der Waals surface area contributed by atoms with E-state index in [-0.39, 0.29) is 46.9 Å². The van der Waals surface area contributed by atoms with E-state index >= 15 is 0 Å². The first-order chi connectivity index (χ1) is 5.09. The smallest absolute Gasteiger partial charge is 1.00 e. The second-order valence-electron chi connectivity index (χ2n) is 1.81. The van der Waals surface area contributed by atoms with Crippen LogP contribution in [0.5, 0.6) is 0 Å². The van der Waals surface area contributed by atoms with Crippen LogP contribution in [-0.4, -0.2) is 16.1 Å². The summed E-state index contributed by atoms with van der Waals surface area (Å²) < 4.78 is 0. The third kappa shape index (κ3) is 3.29. The summed E-state index contributed by atoms with van der Waals surface area (Å²) in [5, 5.41) is 8.65. The number of carboxylic acids is 1. The van der Waals surface area contributed by atoms with E-state index in [9.17, 15) is 4.79 Å². The molecule has 1 aromatic rings. The summed E-state index contributed by atoms with van der Waals surface area (Å²) in [4.78, 5) is 13.9. The van der Waals surface area contributed by atoms with Crippen LogP contribution >= 0.6 is 23.2 Å². The zero-order valence-corrected chi connectivity index (χ0v) is 9.73. The predicted octanol–water partition coefficient (Wildman–Crippen LogP) is -0.797. The number of halogens is 2. The van der Waals surface area contributed by atoms with Gasteiger partial charge in [-0.2, -0.15) is 0 Å². The molecule has 1 aromatic heterocycles. The van der Waals surface area contributed by atoms with Gasteiger partial charge in [-0.3, -0.25) is 0 Å². The van der Waals surface area contributed by atoms with Crippen molar-refractivity contribution in [2.24, 2.45) is 0 Å². The van der Waals surface area contributed by atoms with E-state index in [1.807, 2.05) is 0 Å². The van der Waals surface area contributed by atoms with E-state index in [0.29, 0.717) is 0 Å². The van der Waals surface area contributed by atoms with E-state index in [1.165, 1.54) is 12.1 Å². The molecule has 0 aromatic carbocycles. The third-order valence-electron chi connectivity index (χ3n) is 1.01. The molecule has 0 aliphatic carbocycles. The molecule has 0 saturated heterocycles. The average molecular weight is 216 g/mol. The molecule has 0 spiro atoms. The van der Waals surface area contributed by atoms with Gasteiger partial charge in [0, 0.05) is 0 Å². The number of carboxylic acid groups (broad SMARTS) is 1. The minimum absolute atomic E-state index is 0. The Morgan fingerprint density at radius 2 is 1.83 bits per heavy atom. The van der Waals surface area contributed by atoms with Gasteiger partial charge in [0.2, 0.25) is 0 Å². The van der Waals surface area contributed by atoms with Crippen molar-refractivity contribution in [3.8, 4) is 0 Å². The molecule has 1 heterocycles. The molecule has 0 fully saturated rings. The number of nitrogens with zero attached hydrogens (tertiary/aromatic N) is 1. The SMILES string of the molecule is O=C(O)c1cc(Cl)nc(Cl)c1.[H-].[Na+]. The second-order valence-corrected chi connectivity index (χ2v) is 2.58. The molecule has 0 radical (unpaired) electrons.